The van der Waals surface area contributed by atoms with Crippen LogP contribution in [0.3, 0.4) is 0 Å². The summed E-state index contributed by atoms with van der Waals surface area (Å²) in [6.45, 7) is -3.92. The maximum atomic E-state index is 15.1. The third-order valence-corrected chi connectivity index (χ3v) is 6.20. The van der Waals surface area contributed by atoms with Crippen molar-refractivity contribution in [2.24, 2.45) is 6.98 Å². The Bertz CT molecular complexity index is 1350. The van der Waals surface area contributed by atoms with Crippen LogP contribution in [0.2, 0.25) is 10.0 Å². The number of carbonyl (C=O) groups excluding carboxylic acids is 1. The zero-order valence-electron chi connectivity index (χ0n) is 19.0. The number of rotatable bonds is 4. The lowest BCUT2D eigenvalue weighted by molar-refractivity contribution is -0.131. The van der Waals surface area contributed by atoms with Crippen molar-refractivity contribution in [3.8, 4) is 0 Å². The highest BCUT2D eigenvalue weighted by molar-refractivity contribution is 6.42. The van der Waals surface area contributed by atoms with E-state index in [-0.39, 0.29) is 46.0 Å². The Labute approximate surface area is 190 Å². The maximum absolute atomic E-state index is 15.1. The molecule has 1 aliphatic heterocycles. The number of alkyl halides is 1. The molecule has 31 heavy (non-hydrogen) atoms. The second kappa shape index (κ2) is 8.09. The summed E-state index contributed by atoms with van der Waals surface area (Å²) in [6.07, 6.45) is 1.12. The van der Waals surface area contributed by atoms with E-state index in [4.69, 9.17) is 27.3 Å². The van der Waals surface area contributed by atoms with Gasteiger partial charge in [-0.3, -0.25) is 9.59 Å². The summed E-state index contributed by atoms with van der Waals surface area (Å²) in [5.41, 5.74) is -1.50. The molecule has 3 aromatic rings. The summed E-state index contributed by atoms with van der Waals surface area (Å²) in [5.74, 6) is -1.44. The first-order valence-corrected chi connectivity index (χ1v) is 10.0. The van der Waals surface area contributed by atoms with E-state index < -0.39 is 36.5 Å². The number of carbonyl (C=O) groups is 1. The number of nitrogens with zero attached hydrogens (tertiary/aromatic N) is 3. The Kier molecular flexibility index (Phi) is 4.68. The van der Waals surface area contributed by atoms with E-state index in [9.17, 15) is 14.0 Å². The molecule has 1 aromatic heterocycles. The van der Waals surface area contributed by atoms with Crippen LogP contribution >= 0.6 is 23.2 Å². The minimum absolute atomic E-state index is 0.00186. The minimum atomic E-state index is -2.72. The fourth-order valence-electron chi connectivity index (χ4n) is 3.92. The second-order valence-corrected chi connectivity index (χ2v) is 8.06. The van der Waals surface area contributed by atoms with Gasteiger partial charge < -0.3 is 14.8 Å². The van der Waals surface area contributed by atoms with Crippen molar-refractivity contribution in [1.29, 1.82) is 0 Å². The van der Waals surface area contributed by atoms with Gasteiger partial charge in [0.05, 0.1) is 32.8 Å². The molecule has 1 fully saturated rings. The van der Waals surface area contributed by atoms with Crippen molar-refractivity contribution in [1.82, 2.24) is 14.5 Å². The van der Waals surface area contributed by atoms with Crippen LogP contribution in [0, 0.1) is 5.82 Å². The average Bonchev–Trinajstić information content (AvgIpc) is 3.20. The Morgan fingerprint density at radius 3 is 2.90 bits per heavy atom. The van der Waals surface area contributed by atoms with Crippen LogP contribution in [-0.2, 0) is 17.3 Å². The molecule has 1 amide bonds. The molecule has 1 unspecified atom stereocenters. The van der Waals surface area contributed by atoms with Crippen molar-refractivity contribution in [3.63, 3.8) is 0 Å². The number of benzene rings is 2. The molecule has 162 valence electrons. The van der Waals surface area contributed by atoms with Gasteiger partial charge >= 0.3 is 0 Å². The first-order valence-electron chi connectivity index (χ1n) is 10.7. The van der Waals surface area contributed by atoms with Gasteiger partial charge in [0.25, 0.3) is 11.5 Å². The van der Waals surface area contributed by atoms with Crippen LogP contribution in [0.15, 0.2) is 41.5 Å². The molecule has 6 nitrogen and oxygen atoms in total. The summed E-state index contributed by atoms with van der Waals surface area (Å²) in [5, 5.41) is 3.21. The van der Waals surface area contributed by atoms with Gasteiger partial charge in [0, 0.05) is 35.4 Å². The predicted molar refractivity (Wildman–Crippen MR) is 116 cm³/mol. The highest BCUT2D eigenvalue weighted by Crippen LogP contribution is 2.43. The number of aromatic nitrogens is 2. The van der Waals surface area contributed by atoms with Crippen LogP contribution in [0.25, 0.3) is 10.9 Å². The van der Waals surface area contributed by atoms with E-state index >= 15 is 4.39 Å². The van der Waals surface area contributed by atoms with Gasteiger partial charge in [0.2, 0.25) is 0 Å². The molecule has 1 aliphatic rings. The fraction of sp³-hybridized carbons (Fsp3) is 0.286. The number of fused-ring (bicyclic) bond motifs is 1. The van der Waals surface area contributed by atoms with E-state index in [1.165, 1.54) is 23.1 Å². The Morgan fingerprint density at radius 2 is 2.16 bits per heavy atom. The largest absolute Gasteiger partial charge is 0.374 e. The molecule has 2 heterocycles. The first kappa shape index (κ1) is 17.9. The third-order valence-electron chi connectivity index (χ3n) is 5.40. The van der Waals surface area contributed by atoms with Crippen LogP contribution in [0.4, 0.5) is 14.5 Å². The number of hydrogen-bond acceptors (Lipinski definition) is 4. The molecule has 0 radical (unpaired) electrons. The number of hydrogen-bond donors (Lipinski definition) is 1. The summed E-state index contributed by atoms with van der Waals surface area (Å²) >= 11 is 12.5. The topological polar surface area (TPSA) is 67.2 Å². The van der Waals surface area contributed by atoms with Crippen LogP contribution in [-0.4, -0.2) is 40.1 Å². The number of nitrogens with one attached hydrogen (secondary N) is 1. The molecule has 10 heteroatoms. The average molecular weight is 470 g/mol. The molecule has 4 rings (SSSR count). The number of anilines is 1. The van der Waals surface area contributed by atoms with Crippen molar-refractivity contribution in [2.75, 3.05) is 25.1 Å². The normalized spacial score (nSPS) is 20.4. The predicted octanol–water partition coefficient (Wildman–Crippen LogP) is 3.89. The van der Waals surface area contributed by atoms with Gasteiger partial charge in [-0.2, -0.15) is 0 Å². The highest BCUT2D eigenvalue weighted by atomic mass is 35.5. The van der Waals surface area contributed by atoms with Crippen molar-refractivity contribution < 1.29 is 17.7 Å². The number of likely N-dealkylation sites (tertiary alicyclic amines) is 1. The smallest absolute Gasteiger partial charge is 0.260 e. The maximum Gasteiger partial charge on any atom is 0.260 e. The molecular formula is C21H18Cl2F2N4O2. The molecule has 2 aromatic carbocycles. The molecule has 1 atom stereocenters. The Balaban J connectivity index is 1.85. The van der Waals surface area contributed by atoms with Gasteiger partial charge in [0.15, 0.2) is 6.67 Å². The van der Waals surface area contributed by atoms with Gasteiger partial charge in [-0.05, 0) is 36.8 Å². The van der Waals surface area contributed by atoms with E-state index in [1.807, 2.05) is 0 Å². The zero-order chi connectivity index (χ0) is 24.8. The zero-order valence-corrected chi connectivity index (χ0v) is 17.5. The molecular weight excluding hydrogens is 449 g/mol. The summed E-state index contributed by atoms with van der Waals surface area (Å²) in [6, 6.07) is 6.92. The van der Waals surface area contributed by atoms with E-state index in [2.05, 4.69) is 10.3 Å². The lowest BCUT2D eigenvalue weighted by Gasteiger charge is -2.33. The van der Waals surface area contributed by atoms with E-state index in [1.54, 1.807) is 6.07 Å². The van der Waals surface area contributed by atoms with Gasteiger partial charge in [-0.1, -0.05) is 23.2 Å². The first-order chi connectivity index (χ1) is 16.0. The molecule has 0 spiro atoms. The van der Waals surface area contributed by atoms with Crippen LogP contribution in [0.5, 0.6) is 0 Å². The van der Waals surface area contributed by atoms with Crippen molar-refractivity contribution >= 4 is 45.7 Å². The number of amides is 1. The van der Waals surface area contributed by atoms with Crippen molar-refractivity contribution in [2.45, 2.75) is 12.0 Å². The summed E-state index contributed by atoms with van der Waals surface area (Å²) in [4.78, 5) is 30.1. The van der Waals surface area contributed by atoms with Gasteiger partial charge in [0.1, 0.15) is 5.82 Å². The second-order valence-electron chi connectivity index (χ2n) is 7.28. The van der Waals surface area contributed by atoms with Gasteiger partial charge in [-0.15, -0.1) is 0 Å². The quantitative estimate of drug-likeness (QED) is 0.588. The molecule has 0 bridgehead atoms. The Hall–Kier alpha value is -2.71. The summed E-state index contributed by atoms with van der Waals surface area (Å²) < 4.78 is 51.2. The van der Waals surface area contributed by atoms with Crippen LogP contribution < -0.4 is 10.9 Å². The molecule has 1 saturated heterocycles. The van der Waals surface area contributed by atoms with E-state index in [0.29, 0.717) is 10.3 Å². The van der Waals surface area contributed by atoms with Crippen LogP contribution in [0.1, 0.15) is 16.1 Å². The van der Waals surface area contributed by atoms with Crippen molar-refractivity contribution in [3.05, 3.63) is 68.4 Å². The highest BCUT2D eigenvalue weighted by Gasteiger charge is 2.44. The lowest BCUT2D eigenvalue weighted by Crippen LogP contribution is -2.41. The molecule has 0 aliphatic carbocycles. The SMILES string of the molecule is [2H]C([2H])([2H])n1cnc2ccc(NC3(c4c(F)ccc(Cl)c4Cl)CCN(C(=O)CF)C3)cc2c1=O. The Morgan fingerprint density at radius 1 is 1.35 bits per heavy atom. The number of halogens is 4. The minimum Gasteiger partial charge on any atom is -0.374 e. The lowest BCUT2D eigenvalue weighted by atomic mass is 9.87. The molecule has 0 saturated carbocycles. The number of aryl methyl sites for hydroxylation is 1. The fourth-order valence-corrected chi connectivity index (χ4v) is 4.41. The standard InChI is InChI=1S/C21H18Cl2F2N4O2/c1-28-11-26-16-5-2-12(8-13(16)20(28)31)27-21(6-7-29(10-21)17(30)9-24)18-15(25)4-3-14(22)19(18)23/h2-5,8,11,27H,6-7,9-10H2,1H3/i1D3. The van der Waals surface area contributed by atoms with E-state index in [0.717, 1.165) is 12.4 Å². The van der Waals surface area contributed by atoms with Gasteiger partial charge in [-0.25, -0.2) is 13.8 Å². The monoisotopic (exact) mass is 469 g/mol. The summed E-state index contributed by atoms with van der Waals surface area (Å²) in [7, 11) is 0. The molecule has 1 N–H and O–H groups in total. The third kappa shape index (κ3) is 3.74.